The van der Waals surface area contributed by atoms with Gasteiger partial charge in [-0.3, -0.25) is 9.59 Å². The van der Waals surface area contributed by atoms with Crippen LogP contribution in [0.1, 0.15) is 6.92 Å². The number of rotatable bonds is 6. The monoisotopic (exact) mass is 345 g/mol. The molecule has 0 unspecified atom stereocenters. The minimum atomic E-state index is -0.106. The van der Waals surface area contributed by atoms with Crippen LogP contribution in [0, 0.1) is 0 Å². The van der Waals surface area contributed by atoms with Crippen LogP contribution < -0.4 is 16.4 Å². The zero-order chi connectivity index (χ0) is 14.3. The SMILES string of the molecule is CC(=O)NCCNC(=O)CSc1cc(Br)ccc1N. The van der Waals surface area contributed by atoms with Gasteiger partial charge >= 0.3 is 0 Å². The molecule has 0 bridgehead atoms. The van der Waals surface area contributed by atoms with Crippen LogP contribution in [0.4, 0.5) is 5.69 Å². The van der Waals surface area contributed by atoms with Gasteiger partial charge in [0.05, 0.1) is 5.75 Å². The Morgan fingerprint density at radius 2 is 2.00 bits per heavy atom. The molecule has 0 saturated carbocycles. The maximum atomic E-state index is 11.6. The minimum Gasteiger partial charge on any atom is -0.398 e. The van der Waals surface area contributed by atoms with Crippen LogP contribution >= 0.6 is 27.7 Å². The Morgan fingerprint density at radius 1 is 1.32 bits per heavy atom. The first-order chi connectivity index (χ1) is 8.99. The molecule has 1 rings (SSSR count). The molecular formula is C12H16BrN3O2S. The van der Waals surface area contributed by atoms with E-state index in [1.807, 2.05) is 12.1 Å². The molecule has 0 aliphatic heterocycles. The zero-order valence-corrected chi connectivity index (χ0v) is 12.9. The number of carbonyl (C=O) groups excluding carboxylic acids is 2. The molecule has 0 atom stereocenters. The summed E-state index contributed by atoms with van der Waals surface area (Å²) in [6.07, 6.45) is 0. The van der Waals surface area contributed by atoms with E-state index in [0.29, 0.717) is 24.5 Å². The molecule has 0 saturated heterocycles. The molecule has 0 aliphatic carbocycles. The zero-order valence-electron chi connectivity index (χ0n) is 10.5. The highest BCUT2D eigenvalue weighted by Crippen LogP contribution is 2.27. The van der Waals surface area contributed by atoms with Gasteiger partial charge in [0.1, 0.15) is 0 Å². The summed E-state index contributed by atoms with van der Waals surface area (Å²) in [5.41, 5.74) is 6.46. The molecule has 0 aromatic heterocycles. The molecule has 19 heavy (non-hydrogen) atoms. The van der Waals surface area contributed by atoms with Crippen molar-refractivity contribution in [2.24, 2.45) is 0 Å². The van der Waals surface area contributed by atoms with E-state index >= 15 is 0 Å². The van der Waals surface area contributed by atoms with Gasteiger partial charge in [-0.15, -0.1) is 11.8 Å². The third-order valence-electron chi connectivity index (χ3n) is 2.16. The van der Waals surface area contributed by atoms with Crippen LogP contribution in [0.15, 0.2) is 27.6 Å². The molecule has 4 N–H and O–H groups in total. The Labute approximate surface area is 124 Å². The summed E-state index contributed by atoms with van der Waals surface area (Å²) in [5.74, 6) is 0.0982. The second-order valence-corrected chi connectivity index (χ2v) is 5.74. The number of anilines is 1. The Morgan fingerprint density at radius 3 is 2.68 bits per heavy atom. The minimum absolute atomic E-state index is 0.0882. The van der Waals surface area contributed by atoms with Gasteiger partial charge in [-0.05, 0) is 18.2 Å². The molecule has 7 heteroatoms. The van der Waals surface area contributed by atoms with Crippen LogP contribution in [0.25, 0.3) is 0 Å². The number of nitrogen functional groups attached to an aromatic ring is 1. The number of benzene rings is 1. The van der Waals surface area contributed by atoms with Crippen LogP contribution in [0.5, 0.6) is 0 Å². The maximum Gasteiger partial charge on any atom is 0.230 e. The van der Waals surface area contributed by atoms with Crippen LogP contribution in [-0.4, -0.2) is 30.7 Å². The van der Waals surface area contributed by atoms with Gasteiger partial charge < -0.3 is 16.4 Å². The predicted molar refractivity (Wildman–Crippen MR) is 81.0 cm³/mol. The molecule has 2 amide bonds. The summed E-state index contributed by atoms with van der Waals surface area (Å²) < 4.78 is 0.926. The van der Waals surface area contributed by atoms with Gasteiger partial charge in [-0.1, -0.05) is 15.9 Å². The van der Waals surface area contributed by atoms with Gasteiger partial charge in [-0.2, -0.15) is 0 Å². The third-order valence-corrected chi connectivity index (χ3v) is 3.72. The Bertz CT molecular complexity index is 468. The lowest BCUT2D eigenvalue weighted by molar-refractivity contribution is -0.120. The van der Waals surface area contributed by atoms with E-state index < -0.39 is 0 Å². The predicted octanol–water partition coefficient (Wildman–Crippen LogP) is 1.38. The fraction of sp³-hybridized carbons (Fsp3) is 0.333. The highest BCUT2D eigenvalue weighted by Gasteiger charge is 2.05. The maximum absolute atomic E-state index is 11.6. The molecule has 0 heterocycles. The van der Waals surface area contributed by atoms with Crippen molar-refractivity contribution in [1.82, 2.24) is 10.6 Å². The second-order valence-electron chi connectivity index (χ2n) is 3.80. The lowest BCUT2D eigenvalue weighted by atomic mass is 10.3. The highest BCUT2D eigenvalue weighted by molar-refractivity contribution is 9.10. The van der Waals surface area contributed by atoms with Crippen molar-refractivity contribution in [2.45, 2.75) is 11.8 Å². The summed E-state index contributed by atoms with van der Waals surface area (Å²) in [5, 5.41) is 5.32. The molecule has 1 aromatic carbocycles. The number of carbonyl (C=O) groups is 2. The molecule has 0 spiro atoms. The van der Waals surface area contributed by atoms with Gasteiger partial charge in [0.2, 0.25) is 11.8 Å². The molecule has 104 valence electrons. The normalized spacial score (nSPS) is 10.0. The lowest BCUT2D eigenvalue weighted by Crippen LogP contribution is -2.34. The van der Waals surface area contributed by atoms with Crippen molar-refractivity contribution in [1.29, 1.82) is 0 Å². The van der Waals surface area contributed by atoms with E-state index in [4.69, 9.17) is 5.73 Å². The summed E-state index contributed by atoms with van der Waals surface area (Å²) in [6.45, 7) is 2.30. The number of hydrogen-bond donors (Lipinski definition) is 3. The highest BCUT2D eigenvalue weighted by atomic mass is 79.9. The molecule has 5 nitrogen and oxygen atoms in total. The first-order valence-electron chi connectivity index (χ1n) is 5.68. The Balaban J connectivity index is 2.30. The molecule has 1 aromatic rings. The Hall–Kier alpha value is -1.21. The van der Waals surface area contributed by atoms with E-state index in [-0.39, 0.29) is 11.8 Å². The number of nitrogens with two attached hydrogens (primary N) is 1. The first-order valence-corrected chi connectivity index (χ1v) is 7.46. The average Bonchev–Trinajstić information content (AvgIpc) is 2.35. The van der Waals surface area contributed by atoms with E-state index in [1.165, 1.54) is 18.7 Å². The van der Waals surface area contributed by atoms with Crippen molar-refractivity contribution in [2.75, 3.05) is 24.6 Å². The van der Waals surface area contributed by atoms with Crippen LogP contribution in [0.2, 0.25) is 0 Å². The second kappa shape index (κ2) is 8.06. The number of amides is 2. The fourth-order valence-electron chi connectivity index (χ4n) is 1.27. The topological polar surface area (TPSA) is 84.2 Å². The first kappa shape index (κ1) is 15.8. The van der Waals surface area contributed by atoms with Crippen molar-refractivity contribution in [3.05, 3.63) is 22.7 Å². The van der Waals surface area contributed by atoms with Crippen molar-refractivity contribution in [3.8, 4) is 0 Å². The number of hydrogen-bond acceptors (Lipinski definition) is 4. The quantitative estimate of drug-likeness (QED) is 0.413. The summed E-state index contributed by atoms with van der Waals surface area (Å²) >= 11 is 4.74. The fourth-order valence-corrected chi connectivity index (χ4v) is 2.61. The summed E-state index contributed by atoms with van der Waals surface area (Å²) in [7, 11) is 0. The standard InChI is InChI=1S/C12H16BrN3O2S/c1-8(17)15-4-5-16-12(18)7-19-11-6-9(13)2-3-10(11)14/h2-3,6H,4-5,7,14H2,1H3,(H,15,17)(H,16,18). The molecular weight excluding hydrogens is 330 g/mol. The van der Waals surface area contributed by atoms with Crippen molar-refractivity contribution < 1.29 is 9.59 Å². The van der Waals surface area contributed by atoms with Gasteiger partial charge in [0.15, 0.2) is 0 Å². The largest absolute Gasteiger partial charge is 0.398 e. The van der Waals surface area contributed by atoms with Gasteiger partial charge in [0, 0.05) is 35.1 Å². The van der Waals surface area contributed by atoms with Crippen LogP contribution in [0.3, 0.4) is 0 Å². The lowest BCUT2D eigenvalue weighted by Gasteiger charge is -2.07. The van der Waals surface area contributed by atoms with E-state index in [1.54, 1.807) is 6.07 Å². The smallest absolute Gasteiger partial charge is 0.230 e. The van der Waals surface area contributed by atoms with E-state index in [2.05, 4.69) is 26.6 Å². The summed E-state index contributed by atoms with van der Waals surface area (Å²) in [4.78, 5) is 23.0. The van der Waals surface area contributed by atoms with E-state index in [0.717, 1.165) is 9.37 Å². The number of thioether (sulfide) groups is 1. The third kappa shape index (κ3) is 6.49. The molecule has 0 fully saturated rings. The van der Waals surface area contributed by atoms with Crippen LogP contribution in [-0.2, 0) is 9.59 Å². The van der Waals surface area contributed by atoms with Gasteiger partial charge in [0.25, 0.3) is 0 Å². The van der Waals surface area contributed by atoms with E-state index in [9.17, 15) is 9.59 Å². The summed E-state index contributed by atoms with van der Waals surface area (Å²) in [6, 6.07) is 5.53. The molecule has 0 radical (unpaired) electrons. The Kier molecular flexibility index (Phi) is 6.72. The van der Waals surface area contributed by atoms with Gasteiger partial charge in [-0.25, -0.2) is 0 Å². The average molecular weight is 346 g/mol. The number of nitrogens with one attached hydrogen (secondary N) is 2. The van der Waals surface area contributed by atoms with Crippen molar-refractivity contribution in [3.63, 3.8) is 0 Å². The number of halogens is 1. The van der Waals surface area contributed by atoms with Crippen molar-refractivity contribution >= 4 is 45.2 Å². The molecule has 0 aliphatic rings.